The van der Waals surface area contributed by atoms with Gasteiger partial charge in [0.05, 0.1) is 16.5 Å². The number of thiophene rings is 1. The maximum Gasteiger partial charge on any atom is 0.220 e. The van der Waals surface area contributed by atoms with E-state index in [2.05, 4.69) is 5.32 Å². The zero-order valence-electron chi connectivity index (χ0n) is 12.3. The molecule has 1 amide bonds. The number of Topliss-reactive ketones (excluding diaryl/α,β-unsaturated/α-hetero) is 1. The second-order valence-corrected chi connectivity index (χ2v) is 6.21. The van der Waals surface area contributed by atoms with Crippen LogP contribution in [0.1, 0.15) is 38.5 Å². The summed E-state index contributed by atoms with van der Waals surface area (Å²) >= 11 is 1.45. The summed E-state index contributed by atoms with van der Waals surface area (Å²) in [5.74, 6) is -0.141. The van der Waals surface area contributed by atoms with Crippen LogP contribution in [0.15, 0.2) is 36.4 Å². The Balaban J connectivity index is 1.76. The minimum absolute atomic E-state index is 0.00613. The van der Waals surface area contributed by atoms with Crippen LogP contribution >= 0.6 is 11.3 Å². The van der Waals surface area contributed by atoms with E-state index in [1.54, 1.807) is 30.3 Å². The molecular weight excluding hydrogens is 296 g/mol. The molecule has 0 spiro atoms. The molecule has 0 bridgehead atoms. The highest BCUT2D eigenvalue weighted by molar-refractivity contribution is 7.14. The molecule has 5 heteroatoms. The number of carbonyl (C=O) groups excluding carboxylic acids is 2. The molecular formula is C17H16N2O2S. The highest BCUT2D eigenvalue weighted by Crippen LogP contribution is 2.17. The first kappa shape index (κ1) is 15.9. The van der Waals surface area contributed by atoms with Gasteiger partial charge < -0.3 is 5.32 Å². The molecule has 0 atom stereocenters. The molecule has 1 heterocycles. The van der Waals surface area contributed by atoms with Gasteiger partial charge in [-0.3, -0.25) is 9.59 Å². The van der Waals surface area contributed by atoms with Crippen molar-refractivity contribution < 1.29 is 9.59 Å². The summed E-state index contributed by atoms with van der Waals surface area (Å²) < 4.78 is 0. The van der Waals surface area contributed by atoms with E-state index < -0.39 is 0 Å². The number of carbonyl (C=O) groups is 2. The zero-order valence-corrected chi connectivity index (χ0v) is 13.1. The molecule has 1 aromatic heterocycles. The number of ketones is 1. The third-order valence-corrected chi connectivity index (χ3v) is 4.21. The molecule has 0 radical (unpaired) electrons. The number of hydrogen-bond donors (Lipinski definition) is 1. The van der Waals surface area contributed by atoms with Gasteiger partial charge >= 0.3 is 0 Å². The number of aryl methyl sites for hydroxylation is 1. The van der Waals surface area contributed by atoms with Gasteiger partial charge in [0.2, 0.25) is 5.91 Å². The molecule has 1 N–H and O–H groups in total. The molecule has 2 rings (SSSR count). The molecule has 0 saturated carbocycles. The average molecular weight is 312 g/mol. The van der Waals surface area contributed by atoms with Gasteiger partial charge in [0.15, 0.2) is 5.78 Å². The first-order valence-electron chi connectivity index (χ1n) is 6.94. The second kappa shape index (κ2) is 7.53. The molecule has 0 aliphatic rings. The van der Waals surface area contributed by atoms with E-state index in [4.69, 9.17) is 5.26 Å². The summed E-state index contributed by atoms with van der Waals surface area (Å²) in [4.78, 5) is 25.5. The van der Waals surface area contributed by atoms with Crippen molar-refractivity contribution in [3.63, 3.8) is 0 Å². The van der Waals surface area contributed by atoms with Crippen LogP contribution in [-0.4, -0.2) is 11.7 Å². The number of rotatable bonds is 6. The van der Waals surface area contributed by atoms with E-state index >= 15 is 0 Å². The summed E-state index contributed by atoms with van der Waals surface area (Å²) in [6.45, 7) is 2.35. The fourth-order valence-electron chi connectivity index (χ4n) is 1.92. The first-order chi connectivity index (χ1) is 10.6. The molecule has 0 fully saturated rings. The van der Waals surface area contributed by atoms with Gasteiger partial charge in [0.25, 0.3) is 0 Å². The van der Waals surface area contributed by atoms with Crippen molar-refractivity contribution in [2.24, 2.45) is 0 Å². The number of nitrogens with zero attached hydrogens (tertiary/aromatic N) is 1. The Labute approximate surface area is 133 Å². The van der Waals surface area contributed by atoms with Crippen LogP contribution in [-0.2, 0) is 11.3 Å². The van der Waals surface area contributed by atoms with Crippen LogP contribution in [0.5, 0.6) is 0 Å². The Hall–Kier alpha value is -2.45. The number of benzene rings is 1. The number of nitriles is 1. The summed E-state index contributed by atoms with van der Waals surface area (Å²) in [6.07, 6.45) is 0.408. The first-order valence-corrected chi connectivity index (χ1v) is 7.75. The van der Waals surface area contributed by atoms with Crippen LogP contribution in [0.2, 0.25) is 0 Å². The maximum absolute atomic E-state index is 11.9. The van der Waals surface area contributed by atoms with E-state index in [-0.39, 0.29) is 24.5 Å². The number of hydrogen-bond acceptors (Lipinski definition) is 4. The number of nitrogens with one attached hydrogen (secondary N) is 1. The second-order valence-electron chi connectivity index (χ2n) is 4.92. The molecule has 1 aromatic carbocycles. The molecule has 0 aliphatic heterocycles. The zero-order chi connectivity index (χ0) is 15.9. The van der Waals surface area contributed by atoms with Crippen LogP contribution in [0.3, 0.4) is 0 Å². The van der Waals surface area contributed by atoms with Gasteiger partial charge in [0.1, 0.15) is 0 Å². The molecule has 0 unspecified atom stereocenters. The van der Waals surface area contributed by atoms with Crippen molar-refractivity contribution in [2.75, 3.05) is 0 Å². The average Bonchev–Trinajstić information content (AvgIpc) is 2.97. The Morgan fingerprint density at radius 3 is 2.45 bits per heavy atom. The largest absolute Gasteiger partial charge is 0.352 e. The predicted octanol–water partition coefficient (Wildman–Crippen LogP) is 3.21. The van der Waals surface area contributed by atoms with E-state index in [9.17, 15) is 9.59 Å². The lowest BCUT2D eigenvalue weighted by Crippen LogP contribution is -2.23. The fraction of sp³-hybridized carbons (Fsp3) is 0.235. The lowest BCUT2D eigenvalue weighted by molar-refractivity contribution is -0.121. The van der Waals surface area contributed by atoms with Crippen molar-refractivity contribution in [1.29, 1.82) is 5.26 Å². The van der Waals surface area contributed by atoms with Crippen LogP contribution < -0.4 is 5.32 Å². The molecule has 22 heavy (non-hydrogen) atoms. The number of amides is 1. The predicted molar refractivity (Wildman–Crippen MR) is 85.6 cm³/mol. The summed E-state index contributed by atoms with van der Waals surface area (Å²) in [7, 11) is 0. The summed E-state index contributed by atoms with van der Waals surface area (Å²) in [5, 5.41) is 11.5. The van der Waals surface area contributed by atoms with Gasteiger partial charge in [0, 0.05) is 24.3 Å². The Kier molecular flexibility index (Phi) is 5.45. The minimum Gasteiger partial charge on any atom is -0.352 e. The summed E-state index contributed by atoms with van der Waals surface area (Å²) in [5.41, 5.74) is 1.51. The van der Waals surface area contributed by atoms with Gasteiger partial charge in [-0.05, 0) is 36.8 Å². The van der Waals surface area contributed by atoms with Crippen molar-refractivity contribution in [3.05, 3.63) is 57.3 Å². The van der Waals surface area contributed by atoms with Crippen molar-refractivity contribution in [2.45, 2.75) is 26.3 Å². The van der Waals surface area contributed by atoms with Crippen LogP contribution in [0, 0.1) is 18.3 Å². The topological polar surface area (TPSA) is 70.0 Å². The molecule has 0 aliphatic carbocycles. The van der Waals surface area contributed by atoms with Crippen molar-refractivity contribution in [3.8, 4) is 6.07 Å². The monoisotopic (exact) mass is 312 g/mol. The Morgan fingerprint density at radius 2 is 1.86 bits per heavy atom. The standard InChI is InChI=1S/C17H16N2O2S/c1-12-2-8-16(22-12)15(20)7-9-17(21)19-11-14-5-3-13(10-18)4-6-14/h2-6,8H,7,9,11H2,1H3,(H,19,21). The quantitative estimate of drug-likeness (QED) is 0.833. The smallest absolute Gasteiger partial charge is 0.220 e. The minimum atomic E-state index is -0.147. The highest BCUT2D eigenvalue weighted by Gasteiger charge is 2.10. The molecule has 0 saturated heterocycles. The summed E-state index contributed by atoms with van der Waals surface area (Å²) in [6, 6.07) is 12.8. The van der Waals surface area contributed by atoms with E-state index in [1.165, 1.54) is 11.3 Å². The molecule has 112 valence electrons. The van der Waals surface area contributed by atoms with Crippen molar-refractivity contribution >= 4 is 23.0 Å². The van der Waals surface area contributed by atoms with Gasteiger partial charge in [-0.2, -0.15) is 5.26 Å². The van der Waals surface area contributed by atoms with Crippen LogP contribution in [0.25, 0.3) is 0 Å². The van der Waals surface area contributed by atoms with E-state index in [0.29, 0.717) is 17.0 Å². The molecule has 4 nitrogen and oxygen atoms in total. The third kappa shape index (κ3) is 4.54. The van der Waals surface area contributed by atoms with Gasteiger partial charge in [-0.15, -0.1) is 11.3 Å². The SMILES string of the molecule is Cc1ccc(C(=O)CCC(=O)NCc2ccc(C#N)cc2)s1. The van der Waals surface area contributed by atoms with Gasteiger partial charge in [-0.1, -0.05) is 12.1 Å². The normalized spacial score (nSPS) is 10.0. The molecule has 2 aromatic rings. The Bertz CT molecular complexity index is 711. The lowest BCUT2D eigenvalue weighted by Gasteiger charge is -2.05. The third-order valence-electron chi connectivity index (χ3n) is 3.17. The van der Waals surface area contributed by atoms with E-state index in [0.717, 1.165) is 10.4 Å². The van der Waals surface area contributed by atoms with Crippen LogP contribution in [0.4, 0.5) is 0 Å². The maximum atomic E-state index is 11.9. The lowest BCUT2D eigenvalue weighted by atomic mass is 10.1. The Morgan fingerprint density at radius 1 is 1.14 bits per heavy atom. The van der Waals surface area contributed by atoms with Gasteiger partial charge in [-0.25, -0.2) is 0 Å². The van der Waals surface area contributed by atoms with E-state index in [1.807, 2.05) is 19.1 Å². The highest BCUT2D eigenvalue weighted by atomic mass is 32.1. The fourth-order valence-corrected chi connectivity index (χ4v) is 2.76. The van der Waals surface area contributed by atoms with Crippen molar-refractivity contribution in [1.82, 2.24) is 5.32 Å².